The van der Waals surface area contributed by atoms with E-state index < -0.39 is 0 Å². The summed E-state index contributed by atoms with van der Waals surface area (Å²) in [6.07, 6.45) is 0.566. The molecule has 0 aliphatic carbocycles. The van der Waals surface area contributed by atoms with Crippen LogP contribution in [0.3, 0.4) is 0 Å². The first kappa shape index (κ1) is 17.3. The molecule has 2 aliphatic heterocycles. The van der Waals surface area contributed by atoms with E-state index >= 15 is 0 Å². The molecule has 2 heterocycles. The van der Waals surface area contributed by atoms with Crippen LogP contribution in [0.5, 0.6) is 5.75 Å². The van der Waals surface area contributed by atoms with E-state index in [0.717, 1.165) is 11.1 Å². The summed E-state index contributed by atoms with van der Waals surface area (Å²) in [6.45, 7) is 0.735. The van der Waals surface area contributed by atoms with Crippen LogP contribution in [0.15, 0.2) is 54.6 Å². The maximum atomic E-state index is 12.2. The summed E-state index contributed by atoms with van der Waals surface area (Å²) >= 11 is 0. The molecule has 2 aromatic carbocycles. The summed E-state index contributed by atoms with van der Waals surface area (Å²) in [7, 11) is 0. The van der Waals surface area contributed by atoms with Crippen LogP contribution < -0.4 is 4.74 Å². The third kappa shape index (κ3) is 3.56. The minimum absolute atomic E-state index is 0.0563. The summed E-state index contributed by atoms with van der Waals surface area (Å²) < 4.78 is 5.58. The van der Waals surface area contributed by atoms with E-state index in [9.17, 15) is 14.4 Å². The number of amides is 3. The fourth-order valence-electron chi connectivity index (χ4n) is 3.43. The number of nitrogens with zero attached hydrogens (tertiary/aromatic N) is 2. The van der Waals surface area contributed by atoms with Gasteiger partial charge in [-0.15, -0.1) is 0 Å². The first-order valence-electron chi connectivity index (χ1n) is 9.03. The zero-order valence-electron chi connectivity index (χ0n) is 14.8. The van der Waals surface area contributed by atoms with Crippen molar-refractivity contribution in [2.75, 3.05) is 19.7 Å². The Hall–Kier alpha value is -3.15. The van der Waals surface area contributed by atoms with Crippen molar-refractivity contribution in [3.63, 3.8) is 0 Å². The van der Waals surface area contributed by atoms with Crippen LogP contribution >= 0.6 is 0 Å². The highest BCUT2D eigenvalue weighted by Crippen LogP contribution is 2.24. The molecular formula is C21H20N2O4. The molecule has 2 fully saturated rings. The van der Waals surface area contributed by atoms with Gasteiger partial charge >= 0.3 is 0 Å². The number of hydrogen-bond donors (Lipinski definition) is 0. The quantitative estimate of drug-likeness (QED) is 0.762. The number of carbonyl (C=O) groups excluding carboxylic acids is 3. The fourth-order valence-corrected chi connectivity index (χ4v) is 3.43. The molecule has 0 aromatic heterocycles. The molecule has 0 N–H and O–H groups in total. The lowest BCUT2D eigenvalue weighted by atomic mass is 10.1. The first-order chi connectivity index (χ1) is 13.1. The topological polar surface area (TPSA) is 66.9 Å². The molecule has 4 rings (SSSR count). The summed E-state index contributed by atoms with van der Waals surface area (Å²) in [4.78, 5) is 38.6. The predicted octanol–water partition coefficient (Wildman–Crippen LogP) is 2.09. The Morgan fingerprint density at radius 1 is 0.889 bits per heavy atom. The predicted molar refractivity (Wildman–Crippen MR) is 98.8 cm³/mol. The normalized spacial score (nSPS) is 17.2. The largest absolute Gasteiger partial charge is 0.484 e. The molecule has 6 heteroatoms. The molecule has 0 atom stereocenters. The van der Waals surface area contributed by atoms with Gasteiger partial charge in [-0.25, -0.2) is 0 Å². The van der Waals surface area contributed by atoms with Crippen molar-refractivity contribution >= 4 is 17.7 Å². The van der Waals surface area contributed by atoms with Gasteiger partial charge in [0.2, 0.25) is 11.8 Å². The van der Waals surface area contributed by atoms with Crippen molar-refractivity contribution < 1.29 is 19.1 Å². The van der Waals surface area contributed by atoms with Gasteiger partial charge < -0.3 is 9.64 Å². The van der Waals surface area contributed by atoms with Gasteiger partial charge in [0, 0.05) is 25.9 Å². The molecule has 27 heavy (non-hydrogen) atoms. The molecule has 0 spiro atoms. The van der Waals surface area contributed by atoms with Crippen molar-refractivity contribution in [1.29, 1.82) is 0 Å². The molecule has 0 unspecified atom stereocenters. The van der Waals surface area contributed by atoms with Crippen LogP contribution in [0, 0.1) is 0 Å². The molecule has 0 radical (unpaired) electrons. The molecule has 0 saturated carbocycles. The second-order valence-electron chi connectivity index (χ2n) is 6.79. The lowest BCUT2D eigenvalue weighted by molar-refractivity contribution is -0.152. The standard InChI is InChI=1S/C21H20N2O4/c24-19-10-11-20(25)23(19)17-12-22(13-17)21(26)14-27-18-8-6-16(7-9-18)15-4-2-1-3-5-15/h1-9,17H,10-14H2. The summed E-state index contributed by atoms with van der Waals surface area (Å²) in [5.74, 6) is 0.223. The average Bonchev–Trinajstić information content (AvgIpc) is 2.99. The Labute approximate surface area is 157 Å². The third-order valence-electron chi connectivity index (χ3n) is 4.99. The second-order valence-corrected chi connectivity index (χ2v) is 6.79. The van der Waals surface area contributed by atoms with Gasteiger partial charge in [-0.05, 0) is 23.3 Å². The van der Waals surface area contributed by atoms with Crippen molar-refractivity contribution in [3.8, 4) is 16.9 Å². The lowest BCUT2D eigenvalue weighted by Gasteiger charge is -2.42. The highest BCUT2D eigenvalue weighted by molar-refractivity contribution is 6.02. The van der Waals surface area contributed by atoms with Gasteiger partial charge in [-0.3, -0.25) is 19.3 Å². The zero-order valence-corrected chi connectivity index (χ0v) is 14.8. The Bertz CT molecular complexity index is 842. The van der Waals surface area contributed by atoms with Crippen LogP contribution in [0.4, 0.5) is 0 Å². The molecule has 2 aliphatic rings. The molecule has 3 amide bonds. The number of ether oxygens (including phenoxy) is 1. The number of benzene rings is 2. The van der Waals surface area contributed by atoms with Crippen LogP contribution in [0.2, 0.25) is 0 Å². The number of imide groups is 1. The monoisotopic (exact) mass is 364 g/mol. The number of hydrogen-bond acceptors (Lipinski definition) is 4. The summed E-state index contributed by atoms with van der Waals surface area (Å²) in [5.41, 5.74) is 2.21. The smallest absolute Gasteiger partial charge is 0.260 e. The van der Waals surface area contributed by atoms with Crippen LogP contribution in [0.1, 0.15) is 12.8 Å². The highest BCUT2D eigenvalue weighted by atomic mass is 16.5. The molecular weight excluding hydrogens is 344 g/mol. The van der Waals surface area contributed by atoms with E-state index in [2.05, 4.69) is 0 Å². The van der Waals surface area contributed by atoms with Gasteiger partial charge in [-0.2, -0.15) is 0 Å². The second kappa shape index (κ2) is 7.23. The number of carbonyl (C=O) groups is 3. The van der Waals surface area contributed by atoms with E-state index in [1.54, 1.807) is 4.90 Å². The fraction of sp³-hybridized carbons (Fsp3) is 0.286. The minimum atomic E-state index is -0.179. The molecule has 0 bridgehead atoms. The molecule has 2 saturated heterocycles. The van der Waals surface area contributed by atoms with Gasteiger partial charge in [0.1, 0.15) is 5.75 Å². The van der Waals surface area contributed by atoms with Crippen LogP contribution in [0.25, 0.3) is 11.1 Å². The third-order valence-corrected chi connectivity index (χ3v) is 4.99. The molecule has 6 nitrogen and oxygen atoms in total. The Morgan fingerprint density at radius 2 is 1.48 bits per heavy atom. The zero-order chi connectivity index (χ0) is 18.8. The maximum Gasteiger partial charge on any atom is 0.260 e. The molecule has 2 aromatic rings. The van der Waals surface area contributed by atoms with E-state index in [1.807, 2.05) is 54.6 Å². The van der Waals surface area contributed by atoms with Crippen molar-refractivity contribution in [2.24, 2.45) is 0 Å². The van der Waals surface area contributed by atoms with E-state index in [0.29, 0.717) is 18.8 Å². The Morgan fingerprint density at radius 3 is 2.11 bits per heavy atom. The average molecular weight is 364 g/mol. The Kier molecular flexibility index (Phi) is 4.62. The van der Waals surface area contributed by atoms with Crippen molar-refractivity contribution in [3.05, 3.63) is 54.6 Å². The van der Waals surface area contributed by atoms with Crippen LogP contribution in [-0.4, -0.2) is 53.3 Å². The number of rotatable bonds is 5. The van der Waals surface area contributed by atoms with Gasteiger partial charge in [0.05, 0.1) is 6.04 Å². The van der Waals surface area contributed by atoms with Gasteiger partial charge in [0.15, 0.2) is 6.61 Å². The van der Waals surface area contributed by atoms with E-state index in [1.165, 1.54) is 4.90 Å². The molecule has 138 valence electrons. The summed E-state index contributed by atoms with van der Waals surface area (Å²) in [6, 6.07) is 17.4. The van der Waals surface area contributed by atoms with Crippen molar-refractivity contribution in [2.45, 2.75) is 18.9 Å². The van der Waals surface area contributed by atoms with Crippen molar-refractivity contribution in [1.82, 2.24) is 9.80 Å². The Balaban J connectivity index is 1.27. The number of likely N-dealkylation sites (tertiary alicyclic amines) is 2. The minimum Gasteiger partial charge on any atom is -0.484 e. The summed E-state index contributed by atoms with van der Waals surface area (Å²) in [5, 5.41) is 0. The first-order valence-corrected chi connectivity index (χ1v) is 9.03. The maximum absolute atomic E-state index is 12.2. The van der Waals surface area contributed by atoms with Gasteiger partial charge in [-0.1, -0.05) is 42.5 Å². The SMILES string of the molecule is O=C(COc1ccc(-c2ccccc2)cc1)N1CC(N2C(=O)CCC2=O)C1. The van der Waals surface area contributed by atoms with Crippen LogP contribution in [-0.2, 0) is 14.4 Å². The van der Waals surface area contributed by atoms with E-state index in [-0.39, 0.29) is 43.2 Å². The van der Waals surface area contributed by atoms with Gasteiger partial charge in [0.25, 0.3) is 5.91 Å². The highest BCUT2D eigenvalue weighted by Gasteiger charge is 2.42. The lowest BCUT2D eigenvalue weighted by Crippen LogP contribution is -2.62. The van der Waals surface area contributed by atoms with E-state index in [4.69, 9.17) is 4.74 Å².